The van der Waals surface area contributed by atoms with Crippen LogP contribution in [0.25, 0.3) is 0 Å². The first-order valence-corrected chi connectivity index (χ1v) is 6.89. The van der Waals surface area contributed by atoms with Crippen molar-refractivity contribution in [2.45, 2.75) is 46.6 Å². The van der Waals surface area contributed by atoms with E-state index in [2.05, 4.69) is 30.7 Å². The Morgan fingerprint density at radius 1 is 1.39 bits per heavy atom. The monoisotopic (exact) mass is 248 g/mol. The molecule has 1 aromatic heterocycles. The molecule has 0 aromatic carbocycles. The smallest absolute Gasteiger partial charge is 0.131 e. The van der Waals surface area contributed by atoms with E-state index in [9.17, 15) is 0 Å². The summed E-state index contributed by atoms with van der Waals surface area (Å²) in [5.74, 6) is 1.09. The summed E-state index contributed by atoms with van der Waals surface area (Å²) >= 11 is 0. The Morgan fingerprint density at radius 3 is 2.56 bits per heavy atom. The highest BCUT2D eigenvalue weighted by Crippen LogP contribution is 2.35. The van der Waals surface area contributed by atoms with Crippen LogP contribution >= 0.6 is 0 Å². The van der Waals surface area contributed by atoms with E-state index < -0.39 is 0 Å². The van der Waals surface area contributed by atoms with E-state index in [0.29, 0.717) is 5.41 Å². The largest absolute Gasteiger partial charge is 0.392 e. The summed E-state index contributed by atoms with van der Waals surface area (Å²) in [7, 11) is 0. The van der Waals surface area contributed by atoms with E-state index in [4.69, 9.17) is 5.11 Å². The van der Waals surface area contributed by atoms with Crippen molar-refractivity contribution >= 4 is 5.82 Å². The van der Waals surface area contributed by atoms with Crippen LogP contribution in [0.5, 0.6) is 0 Å². The Bertz CT molecular complexity index is 409. The molecule has 0 amide bonds. The second-order valence-corrected chi connectivity index (χ2v) is 5.79. The lowest BCUT2D eigenvalue weighted by Gasteiger charge is -2.40. The van der Waals surface area contributed by atoms with Gasteiger partial charge in [-0.25, -0.2) is 4.98 Å². The maximum atomic E-state index is 9.11. The zero-order chi connectivity index (χ0) is 13.2. The molecular formula is C15H24N2O. The third-order valence-corrected chi connectivity index (χ3v) is 4.41. The summed E-state index contributed by atoms with van der Waals surface area (Å²) in [5.41, 5.74) is 2.57. The highest BCUT2D eigenvalue weighted by atomic mass is 16.3. The van der Waals surface area contributed by atoms with Gasteiger partial charge in [-0.1, -0.05) is 20.3 Å². The maximum absolute atomic E-state index is 9.11. The molecule has 1 aromatic rings. The summed E-state index contributed by atoms with van der Waals surface area (Å²) in [6.45, 7) is 9.01. The van der Waals surface area contributed by atoms with Crippen molar-refractivity contribution < 1.29 is 5.11 Å². The lowest BCUT2D eigenvalue weighted by Crippen LogP contribution is -2.39. The minimum absolute atomic E-state index is 0.0715. The number of hydrogen-bond acceptors (Lipinski definition) is 3. The van der Waals surface area contributed by atoms with Gasteiger partial charge in [0.15, 0.2) is 0 Å². The Hall–Kier alpha value is -1.09. The Morgan fingerprint density at radius 2 is 2.06 bits per heavy atom. The predicted molar refractivity (Wildman–Crippen MR) is 74.7 cm³/mol. The molecule has 100 valence electrons. The minimum Gasteiger partial charge on any atom is -0.392 e. The van der Waals surface area contributed by atoms with Crippen molar-refractivity contribution in [1.82, 2.24) is 4.98 Å². The average Bonchev–Trinajstić information content (AvgIpc) is 2.40. The molecule has 0 bridgehead atoms. The molecule has 1 aliphatic rings. The first-order chi connectivity index (χ1) is 8.58. The fraction of sp³-hybridized carbons (Fsp3) is 0.667. The van der Waals surface area contributed by atoms with Crippen LogP contribution in [-0.4, -0.2) is 23.2 Å². The van der Waals surface area contributed by atoms with Crippen LogP contribution in [0, 0.1) is 12.3 Å². The first-order valence-electron chi connectivity index (χ1n) is 6.89. The van der Waals surface area contributed by atoms with Crippen molar-refractivity contribution in [2.75, 3.05) is 18.0 Å². The van der Waals surface area contributed by atoms with Crippen molar-refractivity contribution in [1.29, 1.82) is 0 Å². The van der Waals surface area contributed by atoms with Gasteiger partial charge in [-0.3, -0.25) is 0 Å². The Kier molecular flexibility index (Phi) is 3.91. The number of rotatable bonds is 3. The summed E-state index contributed by atoms with van der Waals surface area (Å²) < 4.78 is 0. The van der Waals surface area contributed by atoms with Crippen molar-refractivity contribution in [3.05, 3.63) is 23.4 Å². The molecule has 1 fully saturated rings. The molecular weight excluding hydrogens is 224 g/mol. The van der Waals surface area contributed by atoms with Gasteiger partial charge in [0, 0.05) is 19.3 Å². The summed E-state index contributed by atoms with van der Waals surface area (Å²) in [6, 6.07) is 2.04. The normalized spacial score (nSPS) is 19.0. The van der Waals surface area contributed by atoms with Crippen LogP contribution < -0.4 is 4.90 Å². The van der Waals surface area contributed by atoms with E-state index in [0.717, 1.165) is 24.5 Å². The van der Waals surface area contributed by atoms with Gasteiger partial charge in [0.1, 0.15) is 5.82 Å². The van der Waals surface area contributed by atoms with Crippen molar-refractivity contribution in [2.24, 2.45) is 5.41 Å². The fourth-order valence-electron chi connectivity index (χ4n) is 2.66. The number of aliphatic hydroxyl groups excluding tert-OH is 1. The number of hydrogen-bond donors (Lipinski definition) is 1. The van der Waals surface area contributed by atoms with E-state index >= 15 is 0 Å². The zero-order valence-electron chi connectivity index (χ0n) is 11.7. The van der Waals surface area contributed by atoms with Gasteiger partial charge in [-0.15, -0.1) is 0 Å². The molecule has 0 saturated carbocycles. The number of aromatic nitrogens is 1. The summed E-state index contributed by atoms with van der Waals surface area (Å²) in [5, 5.41) is 9.11. The van der Waals surface area contributed by atoms with E-state index in [1.54, 1.807) is 6.20 Å². The zero-order valence-corrected chi connectivity index (χ0v) is 11.7. The molecule has 0 radical (unpaired) electrons. The molecule has 3 heteroatoms. The number of nitrogens with zero attached hydrogens (tertiary/aromatic N) is 2. The SMILES string of the molecule is CCC1(C)CCN(c2ncc(CO)cc2C)CC1. The molecule has 3 nitrogen and oxygen atoms in total. The van der Waals surface area contributed by atoms with Gasteiger partial charge in [0.25, 0.3) is 0 Å². The van der Waals surface area contributed by atoms with E-state index in [1.165, 1.54) is 24.8 Å². The quantitative estimate of drug-likeness (QED) is 0.893. The molecule has 1 saturated heterocycles. The van der Waals surface area contributed by atoms with Crippen LogP contribution in [0.1, 0.15) is 44.2 Å². The standard InChI is InChI=1S/C15H24N2O/c1-4-15(3)5-7-17(8-6-15)14-12(2)9-13(11-18)10-16-14/h9-10,18H,4-8,11H2,1-3H3. The molecule has 0 unspecified atom stereocenters. The first kappa shape index (κ1) is 13.3. The molecule has 18 heavy (non-hydrogen) atoms. The molecule has 2 rings (SSSR count). The molecule has 0 spiro atoms. The van der Waals surface area contributed by atoms with Crippen molar-refractivity contribution in [3.63, 3.8) is 0 Å². The molecule has 1 N–H and O–H groups in total. The predicted octanol–water partition coefficient (Wildman–Crippen LogP) is 2.90. The van der Waals surface area contributed by atoms with Gasteiger partial charge in [-0.2, -0.15) is 0 Å². The highest BCUT2D eigenvalue weighted by Gasteiger charge is 2.29. The lowest BCUT2D eigenvalue weighted by molar-refractivity contribution is 0.237. The van der Waals surface area contributed by atoms with Gasteiger partial charge < -0.3 is 10.0 Å². The van der Waals surface area contributed by atoms with Crippen LogP contribution in [0.15, 0.2) is 12.3 Å². The minimum atomic E-state index is 0.0715. The van der Waals surface area contributed by atoms with E-state index in [-0.39, 0.29) is 6.61 Å². The van der Waals surface area contributed by atoms with Crippen LogP contribution in [0.3, 0.4) is 0 Å². The Labute approximate surface area is 110 Å². The maximum Gasteiger partial charge on any atom is 0.131 e. The summed E-state index contributed by atoms with van der Waals surface area (Å²) in [4.78, 5) is 6.90. The number of pyridine rings is 1. The number of aryl methyl sites for hydroxylation is 1. The fourth-order valence-corrected chi connectivity index (χ4v) is 2.66. The van der Waals surface area contributed by atoms with Gasteiger partial charge in [-0.05, 0) is 42.4 Å². The van der Waals surface area contributed by atoms with Crippen molar-refractivity contribution in [3.8, 4) is 0 Å². The van der Waals surface area contributed by atoms with Crippen LogP contribution in [-0.2, 0) is 6.61 Å². The third-order valence-electron chi connectivity index (χ3n) is 4.41. The molecule has 2 heterocycles. The van der Waals surface area contributed by atoms with Crippen LogP contribution in [0.4, 0.5) is 5.82 Å². The number of piperidine rings is 1. The third kappa shape index (κ3) is 2.66. The molecule has 1 aliphatic heterocycles. The average molecular weight is 248 g/mol. The number of aliphatic hydroxyl groups is 1. The summed E-state index contributed by atoms with van der Waals surface area (Å²) in [6.07, 6.45) is 5.53. The van der Waals surface area contributed by atoms with Gasteiger partial charge in [0.05, 0.1) is 6.61 Å². The highest BCUT2D eigenvalue weighted by molar-refractivity contribution is 5.47. The van der Waals surface area contributed by atoms with Gasteiger partial charge >= 0.3 is 0 Å². The topological polar surface area (TPSA) is 36.4 Å². The van der Waals surface area contributed by atoms with E-state index in [1.807, 2.05) is 6.07 Å². The lowest BCUT2D eigenvalue weighted by atomic mass is 9.78. The molecule has 0 atom stereocenters. The number of anilines is 1. The molecule has 0 aliphatic carbocycles. The second kappa shape index (κ2) is 5.27. The Balaban J connectivity index is 2.10. The second-order valence-electron chi connectivity index (χ2n) is 5.79. The van der Waals surface area contributed by atoms with Crippen LogP contribution in [0.2, 0.25) is 0 Å². The van der Waals surface area contributed by atoms with Gasteiger partial charge in [0.2, 0.25) is 0 Å².